The van der Waals surface area contributed by atoms with Gasteiger partial charge in [-0.1, -0.05) is 57.1 Å². The molecule has 2 unspecified atom stereocenters. The van der Waals surface area contributed by atoms with Gasteiger partial charge in [0.15, 0.2) is 5.78 Å². The molecular formula is C57H73N11O7S. The molecule has 9 rings (SSSR count). The number of nitrogens with one attached hydrogen (secondary N) is 3. The number of aryl methyl sites for hydroxylation is 1. The number of thiazole rings is 1. The Bertz CT molecular complexity index is 2940. The average Bonchev–Trinajstić information content (AvgIpc) is 4.30. The van der Waals surface area contributed by atoms with Gasteiger partial charge in [-0.15, -0.1) is 11.3 Å². The molecule has 2 aliphatic carbocycles. The number of amides is 3. The van der Waals surface area contributed by atoms with Gasteiger partial charge in [-0.2, -0.15) is 4.98 Å². The Kier molecular flexibility index (Phi) is 17.9. The molecule has 4 aliphatic rings. The minimum Gasteiger partial charge on any atom is -0.494 e. The lowest BCUT2D eigenvalue weighted by atomic mass is 9.83. The summed E-state index contributed by atoms with van der Waals surface area (Å²) in [6, 6.07) is 9.81. The number of likely N-dealkylation sites (N-methyl/N-ethyl adjacent to an activating group) is 1. The molecule has 404 valence electrons. The third kappa shape index (κ3) is 12.5. The zero-order chi connectivity index (χ0) is 53.3. The van der Waals surface area contributed by atoms with E-state index >= 15 is 0 Å². The lowest BCUT2D eigenvalue weighted by Crippen LogP contribution is -2.55. The van der Waals surface area contributed by atoms with Crippen LogP contribution in [0.25, 0.3) is 11.0 Å². The van der Waals surface area contributed by atoms with Crippen molar-refractivity contribution in [1.29, 1.82) is 0 Å². The number of pyridine rings is 2. The molecule has 3 N–H and O–H groups in total. The van der Waals surface area contributed by atoms with Crippen LogP contribution >= 0.6 is 11.3 Å². The predicted octanol–water partition coefficient (Wildman–Crippen LogP) is 8.26. The van der Waals surface area contributed by atoms with Crippen molar-refractivity contribution in [1.82, 2.24) is 44.9 Å². The van der Waals surface area contributed by atoms with Crippen LogP contribution < -0.4 is 31.1 Å². The van der Waals surface area contributed by atoms with Crippen LogP contribution in [-0.4, -0.2) is 122 Å². The lowest BCUT2D eigenvalue weighted by molar-refractivity contribution is -0.139. The Morgan fingerprint density at radius 3 is 2.34 bits per heavy atom. The first-order valence-electron chi connectivity index (χ1n) is 27.6. The van der Waals surface area contributed by atoms with Crippen molar-refractivity contribution in [3.05, 3.63) is 91.9 Å². The van der Waals surface area contributed by atoms with Crippen LogP contribution in [0.4, 0.5) is 17.5 Å². The number of carbonyl (C=O) groups is 5. The highest BCUT2D eigenvalue weighted by Gasteiger charge is 2.40. The Labute approximate surface area is 448 Å². The summed E-state index contributed by atoms with van der Waals surface area (Å²) in [6.45, 7) is 8.76. The SMILES string of the molecule is CNC(C)C(=O)N[C@H](C(=O)N1CCCC1c1nc(C(=O)c2cccc(OCCCCCCC(=O)N3CCN(c4ccc(Nc5ncc6c(C)c(C(C)=O)c(=O)n(C7CCCC7)c6n5)nc4)CC3)c2)cs1)C1CCCCC1. The summed E-state index contributed by atoms with van der Waals surface area (Å²) < 4.78 is 7.78. The lowest BCUT2D eigenvalue weighted by Gasteiger charge is -2.36. The maximum atomic E-state index is 14.2. The Morgan fingerprint density at radius 1 is 0.842 bits per heavy atom. The number of unbranched alkanes of at least 4 members (excludes halogenated alkanes) is 3. The molecule has 2 aliphatic heterocycles. The van der Waals surface area contributed by atoms with Gasteiger partial charge in [-0.05, 0) is 115 Å². The van der Waals surface area contributed by atoms with Crippen molar-refractivity contribution >= 4 is 69.1 Å². The molecule has 3 amide bonds. The van der Waals surface area contributed by atoms with E-state index in [-0.39, 0.29) is 58.4 Å². The monoisotopic (exact) mass is 1060 g/mol. The van der Waals surface area contributed by atoms with Crippen molar-refractivity contribution in [3.63, 3.8) is 0 Å². The predicted molar refractivity (Wildman–Crippen MR) is 294 cm³/mol. The summed E-state index contributed by atoms with van der Waals surface area (Å²) >= 11 is 1.40. The minimum absolute atomic E-state index is 0.00799. The van der Waals surface area contributed by atoms with Crippen molar-refractivity contribution < 1.29 is 28.7 Å². The van der Waals surface area contributed by atoms with Crippen LogP contribution in [0.2, 0.25) is 0 Å². The smallest absolute Gasteiger partial charge is 0.263 e. The van der Waals surface area contributed by atoms with Gasteiger partial charge in [0.05, 0.1) is 36.1 Å². The first-order valence-corrected chi connectivity index (χ1v) is 28.5. The number of ketones is 2. The van der Waals surface area contributed by atoms with Crippen LogP contribution in [0.1, 0.15) is 166 Å². The molecule has 18 nitrogen and oxygen atoms in total. The van der Waals surface area contributed by atoms with Gasteiger partial charge in [0.25, 0.3) is 5.56 Å². The van der Waals surface area contributed by atoms with Gasteiger partial charge < -0.3 is 35.4 Å². The molecule has 5 aromatic rings. The molecule has 6 heterocycles. The Balaban J connectivity index is 0.689. The van der Waals surface area contributed by atoms with Crippen LogP contribution in [0.15, 0.2) is 59.0 Å². The van der Waals surface area contributed by atoms with E-state index in [0.29, 0.717) is 91.1 Å². The van der Waals surface area contributed by atoms with Crippen molar-refractivity contribution in [2.75, 3.05) is 56.6 Å². The number of piperazine rings is 1. The second-order valence-electron chi connectivity index (χ2n) is 21.0. The summed E-state index contributed by atoms with van der Waals surface area (Å²) in [5, 5.41) is 12.5. The van der Waals surface area contributed by atoms with E-state index in [2.05, 4.69) is 30.8 Å². The van der Waals surface area contributed by atoms with Gasteiger partial charge in [0.2, 0.25) is 29.5 Å². The number of nitrogens with zero attached hydrogens (tertiary/aromatic N) is 8. The molecule has 0 spiro atoms. The number of likely N-dealkylation sites (tertiary alicyclic amines) is 1. The molecule has 3 atom stereocenters. The number of hydrogen-bond acceptors (Lipinski definition) is 15. The van der Waals surface area contributed by atoms with Gasteiger partial charge in [0, 0.05) is 67.7 Å². The summed E-state index contributed by atoms with van der Waals surface area (Å²) in [5.74, 6) is 1.07. The molecule has 0 bridgehead atoms. The van der Waals surface area contributed by atoms with Crippen molar-refractivity contribution in [2.24, 2.45) is 5.92 Å². The maximum absolute atomic E-state index is 14.2. The molecule has 19 heteroatoms. The number of benzene rings is 1. The highest BCUT2D eigenvalue weighted by Crippen LogP contribution is 2.37. The summed E-state index contributed by atoms with van der Waals surface area (Å²) in [7, 11) is 1.74. The van der Waals surface area contributed by atoms with Gasteiger partial charge in [-0.3, -0.25) is 33.3 Å². The Hall–Kier alpha value is -6.60. The molecule has 1 aromatic carbocycles. The normalized spacial score (nSPS) is 18.2. The third-order valence-electron chi connectivity index (χ3n) is 16.0. The van der Waals surface area contributed by atoms with Gasteiger partial charge in [-0.25, -0.2) is 15.0 Å². The van der Waals surface area contributed by atoms with Crippen LogP contribution in [0, 0.1) is 12.8 Å². The molecule has 4 aromatic heterocycles. The fraction of sp³-hybridized carbons (Fsp3) is 0.544. The first kappa shape index (κ1) is 54.2. The van der Waals surface area contributed by atoms with E-state index < -0.39 is 12.1 Å². The number of anilines is 3. The number of Topliss-reactive ketones (excluding diaryl/α,β-unsaturated/α-hetero) is 1. The quantitative estimate of drug-likeness (QED) is 0.0466. The standard InChI is InChI=1S/C57H73N11O7S/c1-36-44-34-60-57(64-52(44)68(41-19-11-12-20-41)55(73)49(36)38(3)69)62-47-25-24-42(33-59-47)65-27-29-66(30-28-65)48(70)23-10-5-6-13-31-75-43-21-14-18-40(32-43)51(71)45-35-76-54(61-45)46-22-15-26-67(46)56(74)50(39-16-8-7-9-17-39)63-53(72)37(2)58-4/h14,18,21,24-25,32-35,37,39,41,46,50,58H,5-13,15-17,19-20,22-23,26-31H2,1-4H3,(H,63,72)(H,59,60,62,64)/t37?,46?,50-/m0/s1. The van der Waals surface area contributed by atoms with E-state index in [0.717, 1.165) is 107 Å². The van der Waals surface area contributed by atoms with Crippen LogP contribution in [-0.2, 0) is 14.4 Å². The fourth-order valence-electron chi connectivity index (χ4n) is 11.5. The second kappa shape index (κ2) is 25.0. The molecule has 2 saturated carbocycles. The first-order chi connectivity index (χ1) is 36.9. The van der Waals surface area contributed by atoms with Crippen LogP contribution in [0.5, 0.6) is 5.75 Å². The largest absolute Gasteiger partial charge is 0.494 e. The Morgan fingerprint density at radius 2 is 1.61 bits per heavy atom. The average molecular weight is 1060 g/mol. The van der Waals surface area contributed by atoms with Gasteiger partial charge in [0.1, 0.15) is 34.0 Å². The van der Waals surface area contributed by atoms with Crippen LogP contribution in [0.3, 0.4) is 0 Å². The third-order valence-corrected chi connectivity index (χ3v) is 16.9. The van der Waals surface area contributed by atoms with E-state index in [1.54, 1.807) is 55.4 Å². The molecule has 4 fully saturated rings. The maximum Gasteiger partial charge on any atom is 0.263 e. The highest BCUT2D eigenvalue weighted by molar-refractivity contribution is 7.10. The number of fused-ring (bicyclic) bond motifs is 1. The molecule has 76 heavy (non-hydrogen) atoms. The van der Waals surface area contributed by atoms with Crippen molar-refractivity contribution in [3.8, 4) is 5.75 Å². The number of hydrogen-bond donors (Lipinski definition) is 3. The van der Waals surface area contributed by atoms with Crippen molar-refractivity contribution in [2.45, 2.75) is 148 Å². The minimum atomic E-state index is -0.581. The summed E-state index contributed by atoms with van der Waals surface area (Å²) in [5.41, 5.74) is 2.83. The molecule has 2 saturated heterocycles. The second-order valence-corrected chi connectivity index (χ2v) is 21.9. The van der Waals surface area contributed by atoms with Gasteiger partial charge >= 0.3 is 0 Å². The zero-order valence-corrected chi connectivity index (χ0v) is 45.3. The van der Waals surface area contributed by atoms with E-state index in [9.17, 15) is 28.8 Å². The summed E-state index contributed by atoms with van der Waals surface area (Å²) in [4.78, 5) is 105. The number of carbonyl (C=O) groups excluding carboxylic acids is 5. The fourth-order valence-corrected chi connectivity index (χ4v) is 12.5. The van der Waals surface area contributed by atoms with E-state index in [1.165, 1.54) is 18.3 Å². The summed E-state index contributed by atoms with van der Waals surface area (Å²) in [6.07, 6.45) is 17.9. The molecular weight excluding hydrogens is 983 g/mol. The molecule has 0 radical (unpaired) electrons. The number of rotatable bonds is 21. The van der Waals surface area contributed by atoms with E-state index in [4.69, 9.17) is 14.7 Å². The number of ether oxygens (including phenoxy) is 1. The highest BCUT2D eigenvalue weighted by atomic mass is 32.1. The topological polar surface area (TPSA) is 214 Å². The van der Waals surface area contributed by atoms with E-state index in [1.807, 2.05) is 34.1 Å². The number of aromatic nitrogens is 5. The zero-order valence-electron chi connectivity index (χ0n) is 44.5.